The van der Waals surface area contributed by atoms with E-state index in [9.17, 15) is 14.4 Å². The van der Waals surface area contributed by atoms with Crippen molar-refractivity contribution in [2.24, 2.45) is 0 Å². The quantitative estimate of drug-likeness (QED) is 0.644. The number of amides is 3. The molecule has 0 spiro atoms. The van der Waals surface area contributed by atoms with Crippen LogP contribution in [0.4, 0.5) is 5.69 Å². The fraction of sp³-hybridized carbons (Fsp3) is 0.640. The Hall–Kier alpha value is -2.61. The first-order chi connectivity index (χ1) is 16.1. The van der Waals surface area contributed by atoms with E-state index in [1.807, 2.05) is 24.3 Å². The Morgan fingerprint density at radius 2 is 1.82 bits per heavy atom. The van der Waals surface area contributed by atoms with Gasteiger partial charge in [0.1, 0.15) is 6.04 Å². The van der Waals surface area contributed by atoms with Gasteiger partial charge >= 0.3 is 0 Å². The maximum absolute atomic E-state index is 12.8. The summed E-state index contributed by atoms with van der Waals surface area (Å²) >= 11 is 0. The third kappa shape index (κ3) is 5.49. The molecule has 0 bridgehead atoms. The lowest BCUT2D eigenvalue weighted by molar-refractivity contribution is -0.157. The summed E-state index contributed by atoms with van der Waals surface area (Å²) in [5.41, 5.74) is 1.74. The normalized spacial score (nSPS) is 21.8. The van der Waals surface area contributed by atoms with Gasteiger partial charge in [-0.05, 0) is 50.8 Å². The predicted octanol–water partition coefficient (Wildman–Crippen LogP) is 1.56. The minimum Gasteiger partial charge on any atom is -0.368 e. The van der Waals surface area contributed by atoms with E-state index in [4.69, 9.17) is 0 Å². The summed E-state index contributed by atoms with van der Waals surface area (Å²) in [7, 11) is 0. The second kappa shape index (κ2) is 11.0. The molecule has 8 heteroatoms. The average Bonchev–Trinajstić information content (AvgIpc) is 2.86. The molecule has 3 fully saturated rings. The van der Waals surface area contributed by atoms with Crippen LogP contribution in [0.1, 0.15) is 49.4 Å². The molecular formula is C25H37N5O3. The number of fused-ring (bicyclic) bond motifs is 1. The highest BCUT2D eigenvalue weighted by Gasteiger charge is 2.40. The van der Waals surface area contributed by atoms with E-state index in [2.05, 4.69) is 22.0 Å². The van der Waals surface area contributed by atoms with Crippen molar-refractivity contribution < 1.29 is 14.4 Å². The van der Waals surface area contributed by atoms with Crippen molar-refractivity contribution >= 4 is 23.4 Å². The largest absolute Gasteiger partial charge is 0.368 e. The molecule has 0 aliphatic carbocycles. The number of carbonyl (C=O) groups is 3. The molecule has 0 saturated carbocycles. The van der Waals surface area contributed by atoms with Crippen LogP contribution in [0.5, 0.6) is 0 Å². The highest BCUT2D eigenvalue weighted by atomic mass is 16.2. The number of nitrogens with one attached hydrogen (secondary N) is 1. The fourth-order valence-electron chi connectivity index (χ4n) is 5.19. The third-order valence-electron chi connectivity index (χ3n) is 7.05. The average molecular weight is 456 g/mol. The Kier molecular flexibility index (Phi) is 7.85. The van der Waals surface area contributed by atoms with Crippen LogP contribution in [0.3, 0.4) is 0 Å². The van der Waals surface area contributed by atoms with Gasteiger partial charge in [-0.25, -0.2) is 0 Å². The zero-order valence-corrected chi connectivity index (χ0v) is 19.8. The van der Waals surface area contributed by atoms with Crippen LogP contribution in [0.2, 0.25) is 0 Å². The molecule has 3 saturated heterocycles. The van der Waals surface area contributed by atoms with Gasteiger partial charge in [0.2, 0.25) is 11.8 Å². The smallest absolute Gasteiger partial charge is 0.253 e. The van der Waals surface area contributed by atoms with E-state index in [0.29, 0.717) is 13.1 Å². The number of hydrogen-bond donors (Lipinski definition) is 1. The van der Waals surface area contributed by atoms with Crippen molar-refractivity contribution in [2.45, 2.75) is 45.1 Å². The number of piperidine rings is 1. The predicted molar refractivity (Wildman–Crippen MR) is 128 cm³/mol. The van der Waals surface area contributed by atoms with Crippen molar-refractivity contribution in [1.29, 1.82) is 0 Å². The van der Waals surface area contributed by atoms with Gasteiger partial charge in [-0.1, -0.05) is 19.1 Å². The Bertz CT molecular complexity index is 852. The number of piperazine rings is 2. The number of carbonyl (C=O) groups excluding carboxylic acids is 3. The van der Waals surface area contributed by atoms with Gasteiger partial charge in [-0.2, -0.15) is 0 Å². The monoisotopic (exact) mass is 455 g/mol. The molecule has 1 N–H and O–H groups in total. The van der Waals surface area contributed by atoms with Crippen molar-refractivity contribution in [3.8, 4) is 0 Å². The van der Waals surface area contributed by atoms with Crippen molar-refractivity contribution in [3.05, 3.63) is 29.8 Å². The Morgan fingerprint density at radius 3 is 2.61 bits per heavy atom. The van der Waals surface area contributed by atoms with Crippen LogP contribution >= 0.6 is 0 Å². The molecular weight excluding hydrogens is 418 g/mol. The van der Waals surface area contributed by atoms with E-state index < -0.39 is 0 Å². The van der Waals surface area contributed by atoms with Crippen LogP contribution in [-0.2, 0) is 9.59 Å². The van der Waals surface area contributed by atoms with Crippen molar-refractivity contribution in [3.63, 3.8) is 0 Å². The summed E-state index contributed by atoms with van der Waals surface area (Å²) < 4.78 is 0. The van der Waals surface area contributed by atoms with E-state index in [0.717, 1.165) is 82.6 Å². The second-order valence-electron chi connectivity index (χ2n) is 9.31. The Morgan fingerprint density at radius 1 is 1.03 bits per heavy atom. The van der Waals surface area contributed by atoms with Gasteiger partial charge < -0.3 is 20.0 Å². The molecule has 1 aromatic carbocycles. The van der Waals surface area contributed by atoms with Crippen LogP contribution in [0.25, 0.3) is 0 Å². The summed E-state index contributed by atoms with van der Waals surface area (Å²) in [5.74, 6) is 0.235. The minimum atomic E-state index is -0.224. The molecule has 3 heterocycles. The van der Waals surface area contributed by atoms with Crippen LogP contribution < -0.4 is 10.2 Å². The number of hydrogen-bond acceptors (Lipinski definition) is 5. The standard InChI is InChI=1S/C25H37N5O3/c1-2-11-26-24(32)20-8-3-4-9-21(20)28-17-15-27(16-18-28)12-7-13-29-19-23(31)30-14-6-5-10-22(30)25(29)33/h3-4,8-9,22H,2,5-7,10-19H2,1H3,(H,26,32)/t22-/m0/s1. The van der Waals surface area contributed by atoms with Crippen LogP contribution in [-0.4, -0.2) is 97.4 Å². The molecule has 0 radical (unpaired) electrons. The summed E-state index contributed by atoms with van der Waals surface area (Å²) in [5, 5.41) is 2.98. The first kappa shape index (κ1) is 23.5. The number of nitrogens with zero attached hydrogens (tertiary/aromatic N) is 4. The third-order valence-corrected chi connectivity index (χ3v) is 7.05. The number of anilines is 1. The highest BCUT2D eigenvalue weighted by Crippen LogP contribution is 2.24. The highest BCUT2D eigenvalue weighted by molar-refractivity contribution is 5.99. The van der Waals surface area contributed by atoms with E-state index in [-0.39, 0.29) is 30.3 Å². The molecule has 180 valence electrons. The summed E-state index contributed by atoms with van der Waals surface area (Å²) in [6.07, 6.45) is 4.64. The van der Waals surface area contributed by atoms with E-state index in [1.54, 1.807) is 9.80 Å². The molecule has 3 aliphatic rings. The summed E-state index contributed by atoms with van der Waals surface area (Å²) in [6, 6.07) is 7.61. The number of rotatable bonds is 8. The van der Waals surface area contributed by atoms with Crippen LogP contribution in [0, 0.1) is 0 Å². The van der Waals surface area contributed by atoms with E-state index >= 15 is 0 Å². The first-order valence-electron chi connectivity index (χ1n) is 12.5. The van der Waals surface area contributed by atoms with Crippen LogP contribution in [0.15, 0.2) is 24.3 Å². The molecule has 33 heavy (non-hydrogen) atoms. The van der Waals surface area contributed by atoms with Crippen molar-refractivity contribution in [1.82, 2.24) is 20.0 Å². The lowest BCUT2D eigenvalue weighted by Gasteiger charge is -2.43. The van der Waals surface area contributed by atoms with Gasteiger partial charge in [0, 0.05) is 51.5 Å². The van der Waals surface area contributed by atoms with E-state index in [1.165, 1.54) is 0 Å². The van der Waals surface area contributed by atoms with Crippen molar-refractivity contribution in [2.75, 3.05) is 63.8 Å². The minimum absolute atomic E-state index is 0.00726. The van der Waals surface area contributed by atoms with Gasteiger partial charge in [-0.3, -0.25) is 19.3 Å². The number of benzene rings is 1. The fourth-order valence-corrected chi connectivity index (χ4v) is 5.19. The molecule has 0 aromatic heterocycles. The maximum atomic E-state index is 12.8. The van der Waals surface area contributed by atoms with Gasteiger partial charge in [-0.15, -0.1) is 0 Å². The molecule has 4 rings (SSSR count). The molecule has 0 unspecified atom stereocenters. The maximum Gasteiger partial charge on any atom is 0.253 e. The zero-order chi connectivity index (χ0) is 23.2. The Labute approximate surface area is 196 Å². The lowest BCUT2D eigenvalue weighted by atomic mass is 9.98. The first-order valence-corrected chi connectivity index (χ1v) is 12.5. The molecule has 3 amide bonds. The van der Waals surface area contributed by atoms with Gasteiger partial charge in [0.25, 0.3) is 5.91 Å². The summed E-state index contributed by atoms with van der Waals surface area (Å²) in [4.78, 5) is 46.1. The summed E-state index contributed by atoms with van der Waals surface area (Å²) in [6.45, 7) is 8.86. The molecule has 1 atom stereocenters. The second-order valence-corrected chi connectivity index (χ2v) is 9.31. The zero-order valence-electron chi connectivity index (χ0n) is 19.8. The topological polar surface area (TPSA) is 76.2 Å². The molecule has 1 aromatic rings. The SMILES string of the molecule is CCCNC(=O)c1ccccc1N1CCN(CCCN2CC(=O)N3CCCC[C@H]3C2=O)CC1. The molecule has 8 nitrogen and oxygen atoms in total. The van der Waals surface area contributed by atoms with Gasteiger partial charge in [0.15, 0.2) is 0 Å². The Balaban J connectivity index is 1.24. The molecule has 3 aliphatic heterocycles. The number of para-hydroxylation sites is 1. The lowest BCUT2D eigenvalue weighted by Crippen LogP contribution is -2.61. The van der Waals surface area contributed by atoms with Gasteiger partial charge in [0.05, 0.1) is 12.1 Å².